The molecule has 3 heterocycles. The highest BCUT2D eigenvalue weighted by atomic mass is 16.6. The van der Waals surface area contributed by atoms with Gasteiger partial charge in [-0.2, -0.15) is 0 Å². The fourth-order valence-electron chi connectivity index (χ4n) is 3.94. The van der Waals surface area contributed by atoms with Gasteiger partial charge in [0, 0.05) is 31.4 Å². The summed E-state index contributed by atoms with van der Waals surface area (Å²) in [6.45, 7) is 7.89. The summed E-state index contributed by atoms with van der Waals surface area (Å²) in [6, 6.07) is 1.84. The molecule has 0 bridgehead atoms. The number of aromatic nitrogens is 3. The summed E-state index contributed by atoms with van der Waals surface area (Å²) in [7, 11) is 0. The minimum Gasteiger partial charge on any atom is -0.443 e. The standard InChI is InChI=1S/C19H26N6O4/c1-18(2,3)29-17(27)24-7-4-13-14(21-11-22-15(13)24)23-8-9-25(16(20)28-12-26)19(10-23)5-6-19/h4,7,11-12,16H,5-6,8-10,20H2,1-3H3. The Hall–Kier alpha value is -2.72. The van der Waals surface area contributed by atoms with Crippen molar-refractivity contribution in [1.82, 2.24) is 19.4 Å². The first-order valence-corrected chi connectivity index (χ1v) is 9.66. The van der Waals surface area contributed by atoms with Crippen LogP contribution in [0.15, 0.2) is 18.6 Å². The van der Waals surface area contributed by atoms with Crippen LogP contribution in [-0.2, 0) is 14.3 Å². The molecule has 10 heteroatoms. The lowest BCUT2D eigenvalue weighted by atomic mass is 10.1. The van der Waals surface area contributed by atoms with E-state index in [9.17, 15) is 9.59 Å². The van der Waals surface area contributed by atoms with E-state index >= 15 is 0 Å². The van der Waals surface area contributed by atoms with E-state index in [0.717, 1.165) is 24.0 Å². The van der Waals surface area contributed by atoms with E-state index in [-0.39, 0.29) is 5.54 Å². The molecule has 10 nitrogen and oxygen atoms in total. The van der Waals surface area contributed by atoms with Gasteiger partial charge in [-0.15, -0.1) is 0 Å². The molecule has 2 aliphatic rings. The second-order valence-electron chi connectivity index (χ2n) is 8.56. The molecule has 2 aromatic heterocycles. The van der Waals surface area contributed by atoms with Gasteiger partial charge in [0.05, 0.1) is 5.39 Å². The van der Waals surface area contributed by atoms with Crippen molar-refractivity contribution in [2.45, 2.75) is 51.1 Å². The number of anilines is 1. The van der Waals surface area contributed by atoms with Crippen LogP contribution in [0.3, 0.4) is 0 Å². The SMILES string of the molecule is CC(C)(C)OC(=O)n1ccc2c(N3CCN(C(N)OC=O)C4(CC4)C3)ncnc21. The van der Waals surface area contributed by atoms with E-state index in [4.69, 9.17) is 15.2 Å². The van der Waals surface area contributed by atoms with Crippen LogP contribution in [0.1, 0.15) is 33.6 Å². The number of nitrogens with two attached hydrogens (primary N) is 1. The van der Waals surface area contributed by atoms with Gasteiger partial charge in [-0.25, -0.2) is 24.2 Å². The quantitative estimate of drug-likeness (QED) is 0.596. The topological polar surface area (TPSA) is 116 Å². The van der Waals surface area contributed by atoms with E-state index in [1.807, 2.05) is 31.7 Å². The Balaban J connectivity index is 1.60. The van der Waals surface area contributed by atoms with Crippen molar-refractivity contribution in [1.29, 1.82) is 0 Å². The number of nitrogens with zero attached hydrogens (tertiary/aromatic N) is 5. The predicted molar refractivity (Wildman–Crippen MR) is 105 cm³/mol. The average molecular weight is 402 g/mol. The molecule has 1 saturated carbocycles. The second kappa shape index (κ2) is 6.96. The normalized spacial score (nSPS) is 19.9. The molecular weight excluding hydrogens is 376 g/mol. The van der Waals surface area contributed by atoms with Crippen molar-refractivity contribution in [3.05, 3.63) is 18.6 Å². The third-order valence-electron chi connectivity index (χ3n) is 5.38. The Labute approximate surface area is 168 Å². The lowest BCUT2D eigenvalue weighted by Crippen LogP contribution is -2.61. The summed E-state index contributed by atoms with van der Waals surface area (Å²) in [6.07, 6.45) is 3.87. The van der Waals surface area contributed by atoms with Crippen LogP contribution in [0.2, 0.25) is 0 Å². The number of carbonyl (C=O) groups excluding carboxylic acids is 2. The van der Waals surface area contributed by atoms with Crippen LogP contribution in [0, 0.1) is 0 Å². The van der Waals surface area contributed by atoms with E-state index in [1.54, 1.807) is 6.20 Å². The number of carbonyl (C=O) groups is 2. The second-order valence-corrected chi connectivity index (χ2v) is 8.56. The van der Waals surface area contributed by atoms with Crippen molar-refractivity contribution < 1.29 is 19.1 Å². The van der Waals surface area contributed by atoms with Crippen LogP contribution >= 0.6 is 0 Å². The van der Waals surface area contributed by atoms with Crippen LogP contribution in [-0.4, -0.2) is 69.1 Å². The van der Waals surface area contributed by atoms with Gasteiger partial charge in [0.15, 0.2) is 5.65 Å². The molecule has 156 valence electrons. The van der Waals surface area contributed by atoms with E-state index < -0.39 is 18.0 Å². The van der Waals surface area contributed by atoms with Gasteiger partial charge in [-0.3, -0.25) is 10.5 Å². The van der Waals surface area contributed by atoms with Gasteiger partial charge in [-0.1, -0.05) is 0 Å². The minimum atomic E-state index is -0.740. The number of hydrogen-bond acceptors (Lipinski definition) is 9. The van der Waals surface area contributed by atoms with E-state index in [2.05, 4.69) is 14.9 Å². The smallest absolute Gasteiger partial charge is 0.420 e. The molecule has 2 N–H and O–H groups in total. The Bertz CT molecular complexity index is 932. The third-order valence-corrected chi connectivity index (χ3v) is 5.38. The molecule has 2 aromatic rings. The minimum absolute atomic E-state index is 0.119. The van der Waals surface area contributed by atoms with Crippen molar-refractivity contribution in [3.63, 3.8) is 0 Å². The van der Waals surface area contributed by atoms with Gasteiger partial charge in [-0.05, 0) is 39.7 Å². The molecule has 2 fully saturated rings. The number of piperazine rings is 1. The maximum absolute atomic E-state index is 12.5. The van der Waals surface area contributed by atoms with Crippen molar-refractivity contribution in [2.75, 3.05) is 24.5 Å². The Morgan fingerprint density at radius 3 is 2.72 bits per heavy atom. The van der Waals surface area contributed by atoms with Crippen LogP contribution < -0.4 is 10.6 Å². The third kappa shape index (κ3) is 3.65. The van der Waals surface area contributed by atoms with Crippen LogP contribution in [0.4, 0.5) is 10.6 Å². The maximum Gasteiger partial charge on any atom is 0.420 e. The van der Waals surface area contributed by atoms with Crippen molar-refractivity contribution in [3.8, 4) is 0 Å². The number of fused-ring (bicyclic) bond motifs is 1. The van der Waals surface area contributed by atoms with Crippen LogP contribution in [0.5, 0.6) is 0 Å². The summed E-state index contributed by atoms with van der Waals surface area (Å²) < 4.78 is 11.8. The number of rotatable bonds is 4. The van der Waals surface area contributed by atoms with Gasteiger partial charge in [0.2, 0.25) is 6.35 Å². The first-order chi connectivity index (χ1) is 13.7. The zero-order valence-corrected chi connectivity index (χ0v) is 16.9. The van der Waals surface area contributed by atoms with Crippen molar-refractivity contribution >= 4 is 29.4 Å². The highest BCUT2D eigenvalue weighted by Gasteiger charge is 2.53. The Kier molecular flexibility index (Phi) is 4.70. The fraction of sp³-hybridized carbons (Fsp3) is 0.579. The van der Waals surface area contributed by atoms with Crippen molar-refractivity contribution in [2.24, 2.45) is 5.73 Å². The zero-order valence-electron chi connectivity index (χ0n) is 16.9. The van der Waals surface area contributed by atoms with Crippen LogP contribution in [0.25, 0.3) is 11.0 Å². The highest BCUT2D eigenvalue weighted by molar-refractivity contribution is 5.93. The first kappa shape index (κ1) is 19.6. The lowest BCUT2D eigenvalue weighted by molar-refractivity contribution is -0.147. The molecular formula is C19H26N6O4. The Morgan fingerprint density at radius 1 is 1.31 bits per heavy atom. The fourth-order valence-corrected chi connectivity index (χ4v) is 3.94. The van der Waals surface area contributed by atoms with Gasteiger partial charge in [0.1, 0.15) is 17.7 Å². The average Bonchev–Trinajstić information content (AvgIpc) is 3.25. The number of ether oxygens (including phenoxy) is 2. The molecule has 1 aliphatic carbocycles. The summed E-state index contributed by atoms with van der Waals surface area (Å²) in [5.41, 5.74) is 5.81. The molecule has 1 unspecified atom stereocenters. The summed E-state index contributed by atoms with van der Waals surface area (Å²) in [4.78, 5) is 36.2. The zero-order chi connectivity index (χ0) is 20.8. The molecule has 1 saturated heterocycles. The molecule has 1 atom stereocenters. The largest absolute Gasteiger partial charge is 0.443 e. The van der Waals surface area contributed by atoms with E-state index in [1.165, 1.54) is 10.9 Å². The molecule has 0 radical (unpaired) electrons. The molecule has 1 aliphatic heterocycles. The summed E-state index contributed by atoms with van der Waals surface area (Å²) in [5, 5.41) is 0.788. The molecule has 0 amide bonds. The predicted octanol–water partition coefficient (Wildman–Crippen LogP) is 1.28. The summed E-state index contributed by atoms with van der Waals surface area (Å²) >= 11 is 0. The number of hydrogen-bond donors (Lipinski definition) is 1. The van der Waals surface area contributed by atoms with E-state index in [0.29, 0.717) is 31.8 Å². The summed E-state index contributed by atoms with van der Waals surface area (Å²) in [5.74, 6) is 0.771. The van der Waals surface area contributed by atoms with Gasteiger partial charge < -0.3 is 14.4 Å². The van der Waals surface area contributed by atoms with Gasteiger partial charge >= 0.3 is 6.09 Å². The monoisotopic (exact) mass is 402 g/mol. The molecule has 1 spiro atoms. The molecule has 0 aromatic carbocycles. The molecule has 4 rings (SSSR count). The maximum atomic E-state index is 12.5. The lowest BCUT2D eigenvalue weighted by Gasteiger charge is -2.44. The van der Waals surface area contributed by atoms with Gasteiger partial charge in [0.25, 0.3) is 6.47 Å². The molecule has 29 heavy (non-hydrogen) atoms. The highest BCUT2D eigenvalue weighted by Crippen LogP contribution is 2.46. The first-order valence-electron chi connectivity index (χ1n) is 9.66. The Morgan fingerprint density at radius 2 is 2.07 bits per heavy atom.